The molecule has 1 aromatic rings. The van der Waals surface area contributed by atoms with Gasteiger partial charge in [0.15, 0.2) is 12.6 Å². The van der Waals surface area contributed by atoms with Crippen LogP contribution in [0.3, 0.4) is 0 Å². The van der Waals surface area contributed by atoms with Crippen molar-refractivity contribution in [1.29, 1.82) is 0 Å². The summed E-state index contributed by atoms with van der Waals surface area (Å²) in [5.74, 6) is 0.591. The number of furan rings is 1. The Morgan fingerprint density at radius 1 is 0.613 bits per heavy atom. The fourth-order valence-electron chi connectivity index (χ4n) is 3.32. The molecule has 13 heteroatoms. The molecule has 0 aromatic carbocycles. The van der Waals surface area contributed by atoms with Crippen molar-refractivity contribution in [2.75, 3.05) is 13.2 Å². The number of hydrogen-bond acceptors (Lipinski definition) is 13. The minimum absolute atomic E-state index is 0.178. The summed E-state index contributed by atoms with van der Waals surface area (Å²) in [5.41, 5.74) is 0. The first-order chi connectivity index (χ1) is 14.8. The maximum Gasteiger partial charge on any atom is 0.187 e. The van der Waals surface area contributed by atoms with Crippen molar-refractivity contribution in [3.63, 3.8) is 0 Å². The Morgan fingerprint density at radius 3 is 1.35 bits per heavy atom. The molecule has 10 atom stereocenters. The van der Waals surface area contributed by atoms with Gasteiger partial charge in [0.1, 0.15) is 73.6 Å². The van der Waals surface area contributed by atoms with Crippen LogP contribution in [0.2, 0.25) is 0 Å². The molecule has 0 radical (unpaired) electrons. The number of hydrogen-bond donors (Lipinski definition) is 8. The van der Waals surface area contributed by atoms with E-state index in [-0.39, 0.29) is 13.2 Å². The summed E-state index contributed by atoms with van der Waals surface area (Å²) in [5, 5.41) is 77.3. The highest BCUT2D eigenvalue weighted by Gasteiger charge is 2.45. The summed E-state index contributed by atoms with van der Waals surface area (Å²) in [6, 6.07) is 3.08. The van der Waals surface area contributed by atoms with Crippen molar-refractivity contribution in [2.45, 2.75) is 74.6 Å². The molecule has 2 saturated heterocycles. The van der Waals surface area contributed by atoms with Crippen LogP contribution in [0.5, 0.6) is 0 Å². The highest BCUT2D eigenvalue weighted by Crippen LogP contribution is 2.25. The highest BCUT2D eigenvalue weighted by molar-refractivity contribution is 5.06. The topological polar surface area (TPSA) is 212 Å². The molecule has 0 amide bonds. The van der Waals surface area contributed by atoms with Gasteiger partial charge in [0.25, 0.3) is 0 Å². The maximum atomic E-state index is 9.95. The van der Waals surface area contributed by atoms with Crippen LogP contribution in [-0.2, 0) is 32.2 Å². The molecule has 31 heavy (non-hydrogen) atoms. The van der Waals surface area contributed by atoms with Gasteiger partial charge in [-0.3, -0.25) is 0 Å². The Kier molecular flexibility index (Phi) is 8.37. The fraction of sp³-hybridized carbons (Fsp3) is 0.778. The van der Waals surface area contributed by atoms with E-state index in [2.05, 4.69) is 0 Å². The van der Waals surface area contributed by atoms with Crippen molar-refractivity contribution in [1.82, 2.24) is 0 Å². The molecule has 178 valence electrons. The molecule has 1 aromatic heterocycles. The Balaban J connectivity index is 1.50. The number of rotatable bonds is 8. The zero-order valence-corrected chi connectivity index (χ0v) is 16.4. The van der Waals surface area contributed by atoms with Gasteiger partial charge in [-0.25, -0.2) is 0 Å². The second-order valence-corrected chi connectivity index (χ2v) is 7.38. The van der Waals surface area contributed by atoms with E-state index in [0.29, 0.717) is 11.5 Å². The van der Waals surface area contributed by atoms with Crippen LogP contribution >= 0.6 is 0 Å². The maximum absolute atomic E-state index is 9.95. The summed E-state index contributed by atoms with van der Waals surface area (Å²) in [7, 11) is 0. The van der Waals surface area contributed by atoms with E-state index < -0.39 is 74.6 Å². The molecule has 4 unspecified atom stereocenters. The van der Waals surface area contributed by atoms with Crippen LogP contribution in [0.25, 0.3) is 0 Å². The van der Waals surface area contributed by atoms with E-state index in [0.717, 1.165) is 0 Å². The average Bonchev–Trinajstić information content (AvgIpc) is 3.23. The lowest BCUT2D eigenvalue weighted by molar-refractivity contribution is -0.305. The van der Waals surface area contributed by atoms with Gasteiger partial charge in [-0.15, -0.1) is 0 Å². The molecule has 2 aliphatic heterocycles. The molecule has 13 nitrogen and oxygen atoms in total. The van der Waals surface area contributed by atoms with Crippen LogP contribution in [0.1, 0.15) is 11.5 Å². The molecule has 0 spiro atoms. The van der Waals surface area contributed by atoms with E-state index in [1.807, 2.05) is 0 Å². The first-order valence-corrected chi connectivity index (χ1v) is 9.68. The lowest BCUT2D eigenvalue weighted by Gasteiger charge is -2.39. The predicted molar refractivity (Wildman–Crippen MR) is 95.8 cm³/mol. The summed E-state index contributed by atoms with van der Waals surface area (Å²) < 4.78 is 26.7. The molecule has 0 bridgehead atoms. The van der Waals surface area contributed by atoms with E-state index in [9.17, 15) is 40.9 Å². The van der Waals surface area contributed by atoms with Crippen LogP contribution in [0.4, 0.5) is 0 Å². The van der Waals surface area contributed by atoms with Gasteiger partial charge in [-0.05, 0) is 12.1 Å². The number of aliphatic hydroxyl groups is 8. The van der Waals surface area contributed by atoms with Crippen LogP contribution < -0.4 is 0 Å². The standard InChI is InChI=1S/C18H28O13/c19-3-9-11(21)13(23)15(25)17(30-9)27-5-7-1-2-8(29-7)6-28-18-16(26)14(24)12(22)10(4-20)31-18/h1-2,9-26H,3-6H2/t9?,10?,11-,12-,13-,14-,15?,16?,17-,18-/m0/s1. The van der Waals surface area contributed by atoms with Gasteiger partial charge >= 0.3 is 0 Å². The third kappa shape index (κ3) is 5.42. The summed E-state index contributed by atoms with van der Waals surface area (Å²) in [4.78, 5) is 0. The predicted octanol–water partition coefficient (Wildman–Crippen LogP) is -4.09. The minimum atomic E-state index is -1.56. The van der Waals surface area contributed by atoms with Gasteiger partial charge in [0.05, 0.1) is 13.2 Å². The van der Waals surface area contributed by atoms with Crippen molar-refractivity contribution < 1.29 is 64.2 Å². The van der Waals surface area contributed by atoms with Crippen molar-refractivity contribution in [3.8, 4) is 0 Å². The zero-order valence-electron chi connectivity index (χ0n) is 16.4. The molecule has 0 aliphatic carbocycles. The second-order valence-electron chi connectivity index (χ2n) is 7.38. The van der Waals surface area contributed by atoms with Crippen molar-refractivity contribution in [2.24, 2.45) is 0 Å². The smallest absolute Gasteiger partial charge is 0.187 e. The highest BCUT2D eigenvalue weighted by atomic mass is 16.7. The normalized spacial score (nSPS) is 41.4. The third-order valence-corrected chi connectivity index (χ3v) is 5.19. The summed E-state index contributed by atoms with van der Waals surface area (Å²) in [6.45, 7) is -1.51. The van der Waals surface area contributed by atoms with Crippen LogP contribution in [-0.4, -0.2) is 115 Å². The Bertz CT molecular complexity index is 625. The SMILES string of the molecule is OCC1O[C@H](OCc2ccc(CO[C@H]3OC(CO)[C@H](O)[C@H](O)C3O)o2)C(O)[C@@H](O)[C@H]1O. The Labute approximate surface area is 176 Å². The van der Waals surface area contributed by atoms with E-state index in [4.69, 9.17) is 23.4 Å². The third-order valence-electron chi connectivity index (χ3n) is 5.19. The second kappa shape index (κ2) is 10.6. The molecule has 2 fully saturated rings. The largest absolute Gasteiger partial charge is 0.461 e. The van der Waals surface area contributed by atoms with Gasteiger partial charge in [-0.2, -0.15) is 0 Å². The van der Waals surface area contributed by atoms with Gasteiger partial charge < -0.3 is 64.2 Å². The van der Waals surface area contributed by atoms with Crippen LogP contribution in [0, 0.1) is 0 Å². The quantitative estimate of drug-likeness (QED) is 0.189. The van der Waals surface area contributed by atoms with Gasteiger partial charge in [0, 0.05) is 0 Å². The Hall–Kier alpha value is -1.20. The molecule has 3 rings (SSSR count). The molecule has 2 aliphatic rings. The molecule has 8 N–H and O–H groups in total. The lowest BCUT2D eigenvalue weighted by atomic mass is 9.99. The Morgan fingerprint density at radius 2 is 1.00 bits per heavy atom. The fourth-order valence-corrected chi connectivity index (χ4v) is 3.32. The first kappa shape index (κ1) is 24.4. The van der Waals surface area contributed by atoms with E-state index in [1.54, 1.807) is 0 Å². The van der Waals surface area contributed by atoms with Crippen molar-refractivity contribution in [3.05, 3.63) is 23.7 Å². The number of ether oxygens (including phenoxy) is 4. The average molecular weight is 452 g/mol. The lowest BCUT2D eigenvalue weighted by Crippen LogP contribution is -2.59. The first-order valence-electron chi connectivity index (χ1n) is 9.68. The van der Waals surface area contributed by atoms with Crippen molar-refractivity contribution >= 4 is 0 Å². The zero-order chi connectivity index (χ0) is 22.7. The van der Waals surface area contributed by atoms with E-state index in [1.165, 1.54) is 12.1 Å². The van der Waals surface area contributed by atoms with E-state index >= 15 is 0 Å². The minimum Gasteiger partial charge on any atom is -0.461 e. The van der Waals surface area contributed by atoms with Gasteiger partial charge in [0.2, 0.25) is 0 Å². The molecular formula is C18H28O13. The monoisotopic (exact) mass is 452 g/mol. The summed E-state index contributed by atoms with van der Waals surface area (Å²) in [6.07, 6.45) is -14.0. The molecule has 3 heterocycles. The molecule has 0 saturated carbocycles. The summed E-state index contributed by atoms with van der Waals surface area (Å²) >= 11 is 0. The molecular weight excluding hydrogens is 424 g/mol. The van der Waals surface area contributed by atoms with Gasteiger partial charge in [-0.1, -0.05) is 0 Å². The number of aliphatic hydroxyl groups excluding tert-OH is 8. The van der Waals surface area contributed by atoms with Crippen LogP contribution in [0.15, 0.2) is 16.5 Å².